The molecule has 2 unspecified atom stereocenters. The summed E-state index contributed by atoms with van der Waals surface area (Å²) in [6, 6.07) is 12.5. The largest absolute Gasteiger partial charge is 0.376 e. The molecule has 3 rings (SSSR count). The van der Waals surface area contributed by atoms with Crippen LogP contribution in [0.4, 0.5) is 0 Å². The number of hydrogen-bond donors (Lipinski definition) is 0. The molecule has 0 saturated heterocycles. The molecule has 1 aromatic heterocycles. The molecule has 1 fully saturated rings. The van der Waals surface area contributed by atoms with Crippen molar-refractivity contribution in [2.45, 2.75) is 63.6 Å². The highest BCUT2D eigenvalue weighted by Gasteiger charge is 2.31. The number of nitrogens with zero attached hydrogens (tertiary/aromatic N) is 2. The summed E-state index contributed by atoms with van der Waals surface area (Å²) in [5.74, 6) is 0.550. The fourth-order valence-electron chi connectivity index (χ4n) is 4.00. The first-order valence-electron chi connectivity index (χ1n) is 9.95. The number of ether oxygens (including phenoxy) is 1. The van der Waals surface area contributed by atoms with Crippen molar-refractivity contribution in [3.63, 3.8) is 0 Å². The van der Waals surface area contributed by atoms with Crippen molar-refractivity contribution in [1.29, 1.82) is 0 Å². The van der Waals surface area contributed by atoms with Crippen molar-refractivity contribution < 1.29 is 9.66 Å². The third-order valence-electron chi connectivity index (χ3n) is 5.86. The molecule has 6 nitrogen and oxygen atoms in total. The summed E-state index contributed by atoms with van der Waals surface area (Å²) < 4.78 is 7.54. The third-order valence-corrected chi connectivity index (χ3v) is 5.86. The van der Waals surface area contributed by atoms with Crippen molar-refractivity contribution >= 4 is 0 Å². The second-order valence-electron chi connectivity index (χ2n) is 7.71. The van der Waals surface area contributed by atoms with Crippen LogP contribution >= 0.6 is 0 Å². The van der Waals surface area contributed by atoms with E-state index in [2.05, 4.69) is 24.3 Å². The highest BCUT2D eigenvalue weighted by atomic mass is 16.6. The molecule has 0 amide bonds. The Kier molecular flexibility index (Phi) is 6.62. The van der Waals surface area contributed by atoms with Crippen LogP contribution in [0.1, 0.15) is 55.7 Å². The number of pyridine rings is 1. The normalized spacial score (nSPS) is 21.8. The number of aryl methyl sites for hydroxylation is 1. The van der Waals surface area contributed by atoms with Crippen LogP contribution in [0, 0.1) is 17.0 Å². The Hall–Kier alpha value is -2.47. The first-order valence-corrected chi connectivity index (χ1v) is 9.95. The van der Waals surface area contributed by atoms with Crippen LogP contribution in [0.25, 0.3) is 0 Å². The summed E-state index contributed by atoms with van der Waals surface area (Å²) in [5.41, 5.74) is 1.75. The number of nitro groups is 1. The van der Waals surface area contributed by atoms with Gasteiger partial charge in [0, 0.05) is 23.6 Å². The van der Waals surface area contributed by atoms with E-state index in [4.69, 9.17) is 4.74 Å². The predicted molar refractivity (Wildman–Crippen MR) is 108 cm³/mol. The van der Waals surface area contributed by atoms with Crippen LogP contribution in [0.5, 0.6) is 0 Å². The Morgan fingerprint density at radius 3 is 2.46 bits per heavy atom. The number of benzene rings is 1. The zero-order chi connectivity index (χ0) is 20.1. The number of aromatic nitrogens is 1. The molecule has 2 aromatic rings. The minimum absolute atomic E-state index is 0.0851. The van der Waals surface area contributed by atoms with Crippen molar-refractivity contribution in [3.8, 4) is 0 Å². The maximum atomic E-state index is 12.5. The maximum absolute atomic E-state index is 12.5. The Labute approximate surface area is 165 Å². The smallest absolute Gasteiger partial charge is 0.254 e. The monoisotopic (exact) mass is 384 g/mol. The van der Waals surface area contributed by atoms with Gasteiger partial charge in [0.25, 0.3) is 5.56 Å². The lowest BCUT2D eigenvalue weighted by molar-refractivity contribution is -0.526. The van der Waals surface area contributed by atoms with Gasteiger partial charge in [-0.05, 0) is 50.2 Å². The lowest BCUT2D eigenvalue weighted by Gasteiger charge is -2.30. The summed E-state index contributed by atoms with van der Waals surface area (Å²) in [6.45, 7) is 3.43. The quantitative estimate of drug-likeness (QED) is 0.532. The molecule has 0 N–H and O–H groups in total. The minimum Gasteiger partial charge on any atom is -0.376 e. The van der Waals surface area contributed by atoms with Gasteiger partial charge in [-0.1, -0.05) is 36.4 Å². The van der Waals surface area contributed by atoms with Gasteiger partial charge in [0.05, 0.1) is 12.7 Å². The van der Waals surface area contributed by atoms with Crippen molar-refractivity contribution in [2.75, 3.05) is 6.61 Å². The van der Waals surface area contributed by atoms with Gasteiger partial charge in [0.1, 0.15) is 6.04 Å². The molecule has 0 bridgehead atoms. The second kappa shape index (κ2) is 9.15. The second-order valence-corrected chi connectivity index (χ2v) is 7.71. The molecule has 0 radical (unpaired) electrons. The van der Waals surface area contributed by atoms with E-state index in [-0.39, 0.29) is 23.2 Å². The van der Waals surface area contributed by atoms with Crippen molar-refractivity contribution in [3.05, 3.63) is 80.3 Å². The van der Waals surface area contributed by atoms with Gasteiger partial charge in [-0.25, -0.2) is 0 Å². The Balaban J connectivity index is 1.64. The van der Waals surface area contributed by atoms with Crippen molar-refractivity contribution in [1.82, 2.24) is 4.57 Å². The topological polar surface area (TPSA) is 74.4 Å². The van der Waals surface area contributed by atoms with Gasteiger partial charge < -0.3 is 9.30 Å². The molecule has 0 aliphatic heterocycles. The van der Waals surface area contributed by atoms with Crippen LogP contribution in [0.2, 0.25) is 0 Å². The first kappa shape index (κ1) is 20.3. The molecule has 0 spiro atoms. The summed E-state index contributed by atoms with van der Waals surface area (Å²) in [6.07, 6.45) is 5.67. The Morgan fingerprint density at radius 2 is 1.82 bits per heavy atom. The predicted octanol–water partition coefficient (Wildman–Crippen LogP) is 4.11. The fourth-order valence-corrected chi connectivity index (χ4v) is 4.00. The zero-order valence-electron chi connectivity index (χ0n) is 16.5. The van der Waals surface area contributed by atoms with E-state index >= 15 is 0 Å². The molecule has 1 saturated carbocycles. The Bertz CT molecular complexity index is 841. The van der Waals surface area contributed by atoms with Gasteiger partial charge in [-0.15, -0.1) is 0 Å². The molecule has 6 heteroatoms. The lowest BCUT2D eigenvalue weighted by atomic mass is 9.83. The first-order chi connectivity index (χ1) is 13.5. The molecule has 1 aliphatic rings. The average Bonchev–Trinajstić information content (AvgIpc) is 2.72. The van der Waals surface area contributed by atoms with E-state index in [1.54, 1.807) is 25.3 Å². The Morgan fingerprint density at radius 1 is 1.14 bits per heavy atom. The van der Waals surface area contributed by atoms with Gasteiger partial charge in [-0.2, -0.15) is 0 Å². The van der Waals surface area contributed by atoms with E-state index in [1.807, 2.05) is 6.07 Å². The van der Waals surface area contributed by atoms with Crippen LogP contribution in [-0.2, 0) is 4.74 Å². The SMILES string of the molecule is Cc1cccn(C(CO[C@H]2CC[C@@H](c3ccccc3)CC2)C(C)[N+](=O)[O-])c1=O. The van der Waals surface area contributed by atoms with Crippen LogP contribution in [-0.4, -0.2) is 28.2 Å². The maximum Gasteiger partial charge on any atom is 0.254 e. The molecule has 28 heavy (non-hydrogen) atoms. The molecule has 150 valence electrons. The van der Waals surface area contributed by atoms with Crippen LogP contribution in [0.3, 0.4) is 0 Å². The van der Waals surface area contributed by atoms with Crippen molar-refractivity contribution in [2.24, 2.45) is 0 Å². The van der Waals surface area contributed by atoms with Gasteiger partial charge in [0.15, 0.2) is 0 Å². The van der Waals surface area contributed by atoms with E-state index < -0.39 is 12.1 Å². The molecule has 1 heterocycles. The fraction of sp³-hybridized carbons (Fsp3) is 0.500. The molecular weight excluding hydrogens is 356 g/mol. The number of rotatable bonds is 7. The third kappa shape index (κ3) is 4.68. The summed E-state index contributed by atoms with van der Waals surface area (Å²) in [7, 11) is 0. The summed E-state index contributed by atoms with van der Waals surface area (Å²) >= 11 is 0. The highest BCUT2D eigenvalue weighted by Crippen LogP contribution is 2.34. The molecule has 1 aliphatic carbocycles. The molecular formula is C22H28N2O4. The highest BCUT2D eigenvalue weighted by molar-refractivity contribution is 5.20. The minimum atomic E-state index is -0.903. The van der Waals surface area contributed by atoms with Gasteiger partial charge in [-0.3, -0.25) is 14.9 Å². The zero-order valence-corrected chi connectivity index (χ0v) is 16.5. The van der Waals surface area contributed by atoms with E-state index in [1.165, 1.54) is 17.1 Å². The summed E-state index contributed by atoms with van der Waals surface area (Å²) in [5, 5.41) is 11.4. The van der Waals surface area contributed by atoms with E-state index in [0.29, 0.717) is 11.5 Å². The van der Waals surface area contributed by atoms with E-state index in [9.17, 15) is 14.9 Å². The standard InChI is InChI=1S/C22H28N2O4/c1-16-7-6-14-23(22(16)25)21(17(2)24(26)27)15-28-20-12-10-19(11-13-20)18-8-4-3-5-9-18/h3-9,14,17,19-21H,10-13,15H2,1-2H3/t17?,19-,20+,21?. The van der Waals surface area contributed by atoms with E-state index in [0.717, 1.165) is 25.7 Å². The molecule has 2 atom stereocenters. The van der Waals surface area contributed by atoms with Crippen LogP contribution in [0.15, 0.2) is 53.5 Å². The number of hydrogen-bond acceptors (Lipinski definition) is 4. The average molecular weight is 384 g/mol. The lowest BCUT2D eigenvalue weighted by Crippen LogP contribution is -2.39. The van der Waals surface area contributed by atoms with Gasteiger partial charge >= 0.3 is 0 Å². The van der Waals surface area contributed by atoms with Gasteiger partial charge in [0.2, 0.25) is 6.04 Å². The molecule has 1 aromatic carbocycles. The van der Waals surface area contributed by atoms with Crippen LogP contribution < -0.4 is 5.56 Å². The summed E-state index contributed by atoms with van der Waals surface area (Å²) in [4.78, 5) is 23.5.